The molecular formula is C6H11NO. The van der Waals surface area contributed by atoms with Crippen LogP contribution in [0.1, 0.15) is 13.3 Å². The van der Waals surface area contributed by atoms with Crippen molar-refractivity contribution in [1.29, 1.82) is 0 Å². The Morgan fingerprint density at radius 1 is 1.75 bits per heavy atom. The minimum atomic E-state index is 0.206. The van der Waals surface area contributed by atoms with Crippen LogP contribution in [0.5, 0.6) is 0 Å². The summed E-state index contributed by atoms with van der Waals surface area (Å²) in [5, 5.41) is 2.62. The van der Waals surface area contributed by atoms with Crippen LogP contribution < -0.4 is 5.32 Å². The Morgan fingerprint density at radius 2 is 2.25 bits per heavy atom. The van der Waals surface area contributed by atoms with Crippen LogP contribution in [-0.4, -0.2) is 13.0 Å². The van der Waals surface area contributed by atoms with Crippen LogP contribution in [0.25, 0.3) is 0 Å². The number of hydrogen-bond donors (Lipinski definition) is 1. The first-order valence-corrected chi connectivity index (χ1v) is 2.97. The van der Waals surface area contributed by atoms with E-state index in [2.05, 4.69) is 12.2 Å². The van der Waals surface area contributed by atoms with Crippen molar-refractivity contribution in [2.75, 3.05) is 7.05 Å². The highest BCUT2D eigenvalue weighted by molar-refractivity contribution is 5.81. The fourth-order valence-electron chi connectivity index (χ4n) is 0.873. The van der Waals surface area contributed by atoms with Crippen molar-refractivity contribution >= 4 is 5.91 Å². The average Bonchev–Trinajstić information content (AvgIpc) is 2.45. The summed E-state index contributed by atoms with van der Waals surface area (Å²) in [5.74, 6) is 1.17. The van der Waals surface area contributed by atoms with Crippen molar-refractivity contribution in [3.05, 3.63) is 0 Å². The molecule has 0 aromatic carbocycles. The Bertz CT molecular complexity index is 111. The van der Waals surface area contributed by atoms with Crippen LogP contribution in [0.2, 0.25) is 0 Å². The van der Waals surface area contributed by atoms with Crippen molar-refractivity contribution in [2.45, 2.75) is 13.3 Å². The molecule has 0 aliphatic heterocycles. The highest BCUT2D eigenvalue weighted by atomic mass is 16.1. The molecule has 0 spiro atoms. The standard InChI is InChI=1S/C6H11NO/c1-4-3-5(4)6(8)7-2/h4-5H,3H2,1-2H3,(H,7,8)/t4-,5-/m0/s1. The van der Waals surface area contributed by atoms with E-state index in [0.717, 1.165) is 6.42 Å². The molecule has 1 aliphatic carbocycles. The van der Waals surface area contributed by atoms with E-state index in [1.165, 1.54) is 0 Å². The van der Waals surface area contributed by atoms with Gasteiger partial charge in [-0.1, -0.05) is 6.92 Å². The number of carbonyl (C=O) groups excluding carboxylic acids is 1. The molecule has 1 saturated carbocycles. The summed E-state index contributed by atoms with van der Waals surface area (Å²) in [4.78, 5) is 10.7. The van der Waals surface area contributed by atoms with Gasteiger partial charge in [0.25, 0.3) is 0 Å². The third kappa shape index (κ3) is 0.831. The van der Waals surface area contributed by atoms with Crippen LogP contribution in [0, 0.1) is 11.8 Å². The van der Waals surface area contributed by atoms with Crippen molar-refractivity contribution < 1.29 is 4.79 Å². The van der Waals surface area contributed by atoms with Crippen molar-refractivity contribution in [1.82, 2.24) is 5.32 Å². The fraction of sp³-hybridized carbons (Fsp3) is 0.833. The van der Waals surface area contributed by atoms with Crippen molar-refractivity contribution in [2.24, 2.45) is 11.8 Å². The van der Waals surface area contributed by atoms with Gasteiger partial charge in [-0.05, 0) is 12.3 Å². The van der Waals surface area contributed by atoms with E-state index in [-0.39, 0.29) is 5.91 Å². The molecule has 0 aromatic rings. The minimum Gasteiger partial charge on any atom is -0.359 e. The molecule has 0 saturated heterocycles. The van der Waals surface area contributed by atoms with E-state index in [1.54, 1.807) is 7.05 Å². The molecule has 1 fully saturated rings. The van der Waals surface area contributed by atoms with E-state index in [0.29, 0.717) is 11.8 Å². The summed E-state index contributed by atoms with van der Waals surface area (Å²) in [6.07, 6.45) is 1.08. The molecule has 1 N–H and O–H groups in total. The third-order valence-corrected chi connectivity index (χ3v) is 1.69. The Morgan fingerprint density at radius 3 is 2.38 bits per heavy atom. The molecule has 0 unspecified atom stereocenters. The van der Waals surface area contributed by atoms with Gasteiger partial charge in [0.2, 0.25) is 5.91 Å². The average molecular weight is 113 g/mol. The largest absolute Gasteiger partial charge is 0.359 e. The normalized spacial score (nSPS) is 34.2. The first kappa shape index (κ1) is 5.60. The summed E-state index contributed by atoms with van der Waals surface area (Å²) < 4.78 is 0. The number of hydrogen-bond acceptors (Lipinski definition) is 1. The Labute approximate surface area is 49.3 Å². The SMILES string of the molecule is CNC(=O)[C@H]1C[C@@H]1C. The summed E-state index contributed by atoms with van der Waals surface area (Å²) in [5.41, 5.74) is 0. The number of amides is 1. The first-order valence-electron chi connectivity index (χ1n) is 2.97. The molecule has 0 aromatic heterocycles. The van der Waals surface area contributed by atoms with Gasteiger partial charge in [-0.15, -0.1) is 0 Å². The molecule has 1 rings (SSSR count). The zero-order valence-corrected chi connectivity index (χ0v) is 5.27. The highest BCUT2D eigenvalue weighted by Crippen LogP contribution is 2.37. The summed E-state index contributed by atoms with van der Waals surface area (Å²) in [6.45, 7) is 2.10. The molecule has 0 heterocycles. The van der Waals surface area contributed by atoms with Crippen LogP contribution in [0.3, 0.4) is 0 Å². The van der Waals surface area contributed by atoms with Crippen molar-refractivity contribution in [3.63, 3.8) is 0 Å². The van der Waals surface area contributed by atoms with E-state index in [9.17, 15) is 4.79 Å². The lowest BCUT2D eigenvalue weighted by molar-refractivity contribution is -0.122. The fourth-order valence-corrected chi connectivity index (χ4v) is 0.873. The number of nitrogens with one attached hydrogen (secondary N) is 1. The maximum absolute atomic E-state index is 10.7. The molecule has 2 heteroatoms. The predicted molar refractivity (Wildman–Crippen MR) is 31.3 cm³/mol. The Kier molecular flexibility index (Phi) is 1.24. The van der Waals surface area contributed by atoms with Gasteiger partial charge in [-0.25, -0.2) is 0 Å². The second kappa shape index (κ2) is 1.77. The van der Waals surface area contributed by atoms with Crippen LogP contribution in [0.4, 0.5) is 0 Å². The smallest absolute Gasteiger partial charge is 0.223 e. The maximum Gasteiger partial charge on any atom is 0.223 e. The molecule has 2 nitrogen and oxygen atoms in total. The van der Waals surface area contributed by atoms with Gasteiger partial charge in [0.15, 0.2) is 0 Å². The number of rotatable bonds is 1. The van der Waals surface area contributed by atoms with Gasteiger partial charge in [-0.3, -0.25) is 4.79 Å². The topological polar surface area (TPSA) is 29.1 Å². The molecule has 0 radical (unpaired) electrons. The maximum atomic E-state index is 10.7. The van der Waals surface area contributed by atoms with E-state index in [1.807, 2.05) is 0 Å². The minimum absolute atomic E-state index is 0.206. The molecule has 8 heavy (non-hydrogen) atoms. The van der Waals surface area contributed by atoms with E-state index >= 15 is 0 Å². The van der Waals surface area contributed by atoms with Crippen LogP contribution >= 0.6 is 0 Å². The van der Waals surface area contributed by atoms with E-state index < -0.39 is 0 Å². The molecule has 1 aliphatic rings. The van der Waals surface area contributed by atoms with Gasteiger partial charge in [-0.2, -0.15) is 0 Å². The lowest BCUT2D eigenvalue weighted by Crippen LogP contribution is -2.19. The molecular weight excluding hydrogens is 102 g/mol. The molecule has 46 valence electrons. The Balaban J connectivity index is 2.28. The Hall–Kier alpha value is -0.530. The van der Waals surface area contributed by atoms with Gasteiger partial charge in [0, 0.05) is 13.0 Å². The van der Waals surface area contributed by atoms with Gasteiger partial charge in [0.1, 0.15) is 0 Å². The zero-order chi connectivity index (χ0) is 6.15. The summed E-state index contributed by atoms with van der Waals surface area (Å²) >= 11 is 0. The van der Waals surface area contributed by atoms with Gasteiger partial charge >= 0.3 is 0 Å². The van der Waals surface area contributed by atoms with Gasteiger partial charge < -0.3 is 5.32 Å². The predicted octanol–water partition coefficient (Wildman–Crippen LogP) is 0.388. The quantitative estimate of drug-likeness (QED) is 0.523. The van der Waals surface area contributed by atoms with Gasteiger partial charge in [0.05, 0.1) is 0 Å². The second-order valence-corrected chi connectivity index (χ2v) is 2.43. The first-order chi connectivity index (χ1) is 3.75. The lowest BCUT2D eigenvalue weighted by Gasteiger charge is -1.91. The van der Waals surface area contributed by atoms with Crippen LogP contribution in [-0.2, 0) is 4.79 Å². The van der Waals surface area contributed by atoms with Crippen LogP contribution in [0.15, 0.2) is 0 Å². The highest BCUT2D eigenvalue weighted by Gasteiger charge is 2.38. The zero-order valence-electron chi connectivity index (χ0n) is 5.27. The van der Waals surface area contributed by atoms with E-state index in [4.69, 9.17) is 0 Å². The molecule has 1 amide bonds. The summed E-state index contributed by atoms with van der Waals surface area (Å²) in [7, 11) is 1.69. The second-order valence-electron chi connectivity index (χ2n) is 2.43. The summed E-state index contributed by atoms with van der Waals surface area (Å²) in [6, 6.07) is 0. The monoisotopic (exact) mass is 113 g/mol. The molecule has 0 bridgehead atoms. The third-order valence-electron chi connectivity index (χ3n) is 1.69. The molecule has 2 atom stereocenters. The van der Waals surface area contributed by atoms with Crippen molar-refractivity contribution in [3.8, 4) is 0 Å². The number of carbonyl (C=O) groups is 1. The lowest BCUT2D eigenvalue weighted by atomic mass is 10.3.